The van der Waals surface area contributed by atoms with Crippen LogP contribution in [0.25, 0.3) is 0 Å². The van der Waals surface area contributed by atoms with Crippen LogP contribution in [0, 0.1) is 6.92 Å². The van der Waals surface area contributed by atoms with Crippen molar-refractivity contribution in [3.63, 3.8) is 0 Å². The van der Waals surface area contributed by atoms with Crippen LogP contribution < -0.4 is 10.6 Å². The molecule has 2 aromatic rings. The summed E-state index contributed by atoms with van der Waals surface area (Å²) in [7, 11) is 0. The van der Waals surface area contributed by atoms with Crippen LogP contribution in [0.4, 0.5) is 11.6 Å². The Kier molecular flexibility index (Phi) is 5.42. The zero-order valence-electron chi connectivity index (χ0n) is 13.4. The number of nitrogens with zero attached hydrogens (tertiary/aromatic N) is 2. The van der Waals surface area contributed by atoms with Crippen LogP contribution >= 0.6 is 15.9 Å². The number of aromatic nitrogens is 2. The average Bonchev–Trinajstić information content (AvgIpc) is 3.09. The molecule has 1 amide bonds. The summed E-state index contributed by atoms with van der Waals surface area (Å²) in [4.78, 5) is 20.7. The van der Waals surface area contributed by atoms with Gasteiger partial charge in [0.15, 0.2) is 0 Å². The fraction of sp³-hybridized carbons (Fsp3) is 0.353. The van der Waals surface area contributed by atoms with E-state index in [1.165, 1.54) is 0 Å². The van der Waals surface area contributed by atoms with Gasteiger partial charge in [0.1, 0.15) is 5.69 Å². The van der Waals surface area contributed by atoms with Gasteiger partial charge < -0.3 is 15.4 Å². The van der Waals surface area contributed by atoms with Gasteiger partial charge in [-0.05, 0) is 49.6 Å². The highest BCUT2D eigenvalue weighted by molar-refractivity contribution is 9.10. The largest absolute Gasteiger partial charge is 0.376 e. The predicted octanol–water partition coefficient (Wildman–Crippen LogP) is 3.20. The molecule has 24 heavy (non-hydrogen) atoms. The van der Waals surface area contributed by atoms with Gasteiger partial charge in [-0.2, -0.15) is 0 Å². The molecule has 3 rings (SSSR count). The fourth-order valence-corrected chi connectivity index (χ4v) is 3.01. The molecule has 0 spiro atoms. The summed E-state index contributed by atoms with van der Waals surface area (Å²) in [5.41, 5.74) is 2.29. The second-order valence-corrected chi connectivity index (χ2v) is 6.61. The van der Waals surface area contributed by atoms with E-state index < -0.39 is 0 Å². The van der Waals surface area contributed by atoms with E-state index in [-0.39, 0.29) is 12.0 Å². The summed E-state index contributed by atoms with van der Waals surface area (Å²) in [5, 5.41) is 6.01. The van der Waals surface area contributed by atoms with E-state index in [1.54, 1.807) is 12.3 Å². The molecule has 0 aliphatic carbocycles. The number of aryl methyl sites for hydroxylation is 1. The number of rotatable bonds is 5. The minimum absolute atomic E-state index is 0.110. The molecule has 1 saturated heterocycles. The number of amides is 1. The lowest BCUT2D eigenvalue weighted by Crippen LogP contribution is -2.32. The van der Waals surface area contributed by atoms with Gasteiger partial charge in [0.05, 0.1) is 6.10 Å². The highest BCUT2D eigenvalue weighted by Crippen LogP contribution is 2.22. The standard InChI is InChI=1S/C17H19BrN4O2/c1-11-9-12(18)4-5-14(11)21-17-19-7-6-15(22-17)16(23)20-10-13-3-2-8-24-13/h4-7,9,13H,2-3,8,10H2,1H3,(H,20,23)(H,19,21,22). The summed E-state index contributed by atoms with van der Waals surface area (Å²) < 4.78 is 6.51. The Bertz CT molecular complexity index is 732. The van der Waals surface area contributed by atoms with E-state index in [1.807, 2.05) is 25.1 Å². The molecule has 0 bridgehead atoms. The quantitative estimate of drug-likeness (QED) is 0.819. The van der Waals surface area contributed by atoms with E-state index in [2.05, 4.69) is 36.5 Å². The zero-order chi connectivity index (χ0) is 16.9. The first-order valence-corrected chi connectivity index (χ1v) is 8.67. The third kappa shape index (κ3) is 4.30. The van der Waals surface area contributed by atoms with Crippen LogP contribution in [0.1, 0.15) is 28.9 Å². The van der Waals surface area contributed by atoms with E-state index >= 15 is 0 Å². The van der Waals surface area contributed by atoms with Crippen molar-refractivity contribution in [3.8, 4) is 0 Å². The van der Waals surface area contributed by atoms with Gasteiger partial charge in [0.2, 0.25) is 5.95 Å². The number of anilines is 2. The van der Waals surface area contributed by atoms with E-state index in [4.69, 9.17) is 4.74 Å². The summed E-state index contributed by atoms with van der Waals surface area (Å²) in [5.74, 6) is 0.175. The Hall–Kier alpha value is -1.99. The number of halogens is 1. The van der Waals surface area contributed by atoms with E-state index in [0.717, 1.165) is 35.2 Å². The van der Waals surface area contributed by atoms with Crippen molar-refractivity contribution >= 4 is 33.5 Å². The van der Waals surface area contributed by atoms with Gasteiger partial charge >= 0.3 is 0 Å². The Balaban J connectivity index is 1.65. The summed E-state index contributed by atoms with van der Waals surface area (Å²) in [6, 6.07) is 7.48. The molecule has 1 aliphatic rings. The van der Waals surface area contributed by atoms with Gasteiger partial charge in [-0.1, -0.05) is 15.9 Å². The minimum atomic E-state index is -0.219. The number of carbonyl (C=O) groups excluding carboxylic acids is 1. The number of ether oxygens (including phenoxy) is 1. The molecule has 1 unspecified atom stereocenters. The molecule has 7 heteroatoms. The molecule has 0 saturated carbocycles. The Morgan fingerprint density at radius 1 is 1.42 bits per heavy atom. The molecule has 1 aromatic heterocycles. The number of nitrogens with one attached hydrogen (secondary N) is 2. The molecule has 126 valence electrons. The molecule has 2 heterocycles. The zero-order valence-corrected chi connectivity index (χ0v) is 15.0. The SMILES string of the molecule is Cc1cc(Br)ccc1Nc1nccc(C(=O)NCC2CCCO2)n1. The molecule has 1 aromatic carbocycles. The summed E-state index contributed by atoms with van der Waals surface area (Å²) in [6.45, 7) is 3.28. The monoisotopic (exact) mass is 390 g/mol. The second-order valence-electron chi connectivity index (χ2n) is 5.69. The highest BCUT2D eigenvalue weighted by Gasteiger charge is 2.17. The van der Waals surface area contributed by atoms with Crippen molar-refractivity contribution in [2.24, 2.45) is 0 Å². The maximum Gasteiger partial charge on any atom is 0.270 e. The van der Waals surface area contributed by atoms with Crippen molar-refractivity contribution in [1.29, 1.82) is 0 Å². The lowest BCUT2D eigenvalue weighted by molar-refractivity contribution is 0.0853. The molecule has 1 atom stereocenters. The van der Waals surface area contributed by atoms with Crippen molar-refractivity contribution in [1.82, 2.24) is 15.3 Å². The third-order valence-corrected chi connectivity index (χ3v) is 4.33. The van der Waals surface area contributed by atoms with Crippen molar-refractivity contribution in [2.45, 2.75) is 25.9 Å². The topological polar surface area (TPSA) is 76.1 Å². The predicted molar refractivity (Wildman–Crippen MR) is 95.5 cm³/mol. The van der Waals surface area contributed by atoms with Crippen molar-refractivity contribution in [2.75, 3.05) is 18.5 Å². The second kappa shape index (κ2) is 7.72. The van der Waals surface area contributed by atoms with Crippen LogP contribution in [0.3, 0.4) is 0 Å². The highest BCUT2D eigenvalue weighted by atomic mass is 79.9. The van der Waals surface area contributed by atoms with Gasteiger partial charge in [-0.25, -0.2) is 9.97 Å². The van der Waals surface area contributed by atoms with Gasteiger partial charge in [0, 0.05) is 29.5 Å². The van der Waals surface area contributed by atoms with Crippen LogP contribution in [-0.4, -0.2) is 35.1 Å². The third-order valence-electron chi connectivity index (χ3n) is 3.84. The average molecular weight is 391 g/mol. The molecule has 1 fully saturated rings. The maximum atomic E-state index is 12.2. The van der Waals surface area contributed by atoms with E-state index in [0.29, 0.717) is 18.2 Å². The Morgan fingerprint density at radius 3 is 3.04 bits per heavy atom. The van der Waals surface area contributed by atoms with Crippen LogP contribution in [0.15, 0.2) is 34.9 Å². The Labute approximate surface area is 149 Å². The van der Waals surface area contributed by atoms with Crippen molar-refractivity contribution < 1.29 is 9.53 Å². The van der Waals surface area contributed by atoms with E-state index in [9.17, 15) is 4.79 Å². The summed E-state index contributed by atoms with van der Waals surface area (Å²) in [6.07, 6.45) is 3.72. The molecule has 0 radical (unpaired) electrons. The smallest absolute Gasteiger partial charge is 0.270 e. The number of hydrogen-bond donors (Lipinski definition) is 2. The molecular formula is C17H19BrN4O2. The van der Waals surface area contributed by atoms with Crippen LogP contribution in [-0.2, 0) is 4.74 Å². The fourth-order valence-electron chi connectivity index (χ4n) is 2.54. The van der Waals surface area contributed by atoms with Gasteiger partial charge in [-0.15, -0.1) is 0 Å². The summed E-state index contributed by atoms with van der Waals surface area (Å²) >= 11 is 3.44. The maximum absolute atomic E-state index is 12.2. The number of carbonyl (C=O) groups is 1. The first-order chi connectivity index (χ1) is 11.6. The molecular weight excluding hydrogens is 372 g/mol. The van der Waals surface area contributed by atoms with Gasteiger partial charge in [-0.3, -0.25) is 4.79 Å². The Morgan fingerprint density at radius 2 is 2.29 bits per heavy atom. The van der Waals surface area contributed by atoms with Gasteiger partial charge in [0.25, 0.3) is 5.91 Å². The lowest BCUT2D eigenvalue weighted by atomic mass is 10.2. The molecule has 2 N–H and O–H groups in total. The molecule has 1 aliphatic heterocycles. The normalized spacial score (nSPS) is 16.8. The lowest BCUT2D eigenvalue weighted by Gasteiger charge is -2.11. The first kappa shape index (κ1) is 16.9. The van der Waals surface area contributed by atoms with Crippen molar-refractivity contribution in [3.05, 3.63) is 46.2 Å². The molecule has 6 nitrogen and oxygen atoms in total. The first-order valence-electron chi connectivity index (χ1n) is 7.88. The van der Waals surface area contributed by atoms with Crippen LogP contribution in [0.5, 0.6) is 0 Å². The number of hydrogen-bond acceptors (Lipinski definition) is 5. The minimum Gasteiger partial charge on any atom is -0.376 e. The number of benzene rings is 1. The van der Waals surface area contributed by atoms with Crippen LogP contribution in [0.2, 0.25) is 0 Å².